The van der Waals surface area contributed by atoms with Crippen molar-refractivity contribution < 1.29 is 40.6 Å². The van der Waals surface area contributed by atoms with E-state index in [4.69, 9.17) is 9.47 Å². The predicted octanol–water partition coefficient (Wildman–Crippen LogP) is 4.81. The van der Waals surface area contributed by atoms with Crippen LogP contribution in [0.25, 0.3) is 0 Å². The van der Waals surface area contributed by atoms with E-state index in [-0.39, 0.29) is 17.0 Å². The van der Waals surface area contributed by atoms with Crippen LogP contribution in [-0.4, -0.2) is 62.9 Å². The predicted molar refractivity (Wildman–Crippen MR) is 118 cm³/mol. The smallest absolute Gasteiger partial charge is 0.383 e. The first-order valence-corrected chi connectivity index (χ1v) is 11.4. The minimum Gasteiger partial charge on any atom is -0.383 e. The lowest BCUT2D eigenvalue weighted by Crippen LogP contribution is -2.32. The van der Waals surface area contributed by atoms with Gasteiger partial charge >= 0.3 is 12.4 Å². The normalized spacial score (nSPS) is 13.3. The van der Waals surface area contributed by atoms with Gasteiger partial charge in [-0.1, -0.05) is 12.1 Å². The van der Waals surface area contributed by atoms with Crippen LogP contribution in [0.4, 0.5) is 26.3 Å². The van der Waals surface area contributed by atoms with Crippen LogP contribution in [0, 0.1) is 0 Å². The molecule has 13 heteroatoms. The fraction of sp³-hybridized carbons (Fsp3) is 0.545. The number of alkyl halides is 6. The number of thiazole rings is 1. The Morgan fingerprint density at radius 1 is 1.06 bits per heavy atom. The van der Waals surface area contributed by atoms with Gasteiger partial charge in [0.1, 0.15) is 4.88 Å². The largest absolute Gasteiger partial charge is 0.435 e. The summed E-state index contributed by atoms with van der Waals surface area (Å²) in [5.41, 5.74) is -2.12. The summed E-state index contributed by atoms with van der Waals surface area (Å²) < 4.78 is 89.8. The first-order valence-electron chi connectivity index (χ1n) is 10.6. The number of carbonyl (C=O) groups is 1. The number of carbonyl (C=O) groups excluding carboxylic acids is 1. The van der Waals surface area contributed by atoms with Crippen molar-refractivity contribution in [2.24, 2.45) is 0 Å². The molecule has 0 radical (unpaired) electrons. The lowest BCUT2D eigenvalue weighted by Gasteiger charge is -2.20. The van der Waals surface area contributed by atoms with E-state index in [0.717, 1.165) is 12.1 Å². The third kappa shape index (κ3) is 8.74. The van der Waals surface area contributed by atoms with Crippen molar-refractivity contribution in [2.45, 2.75) is 31.7 Å². The highest BCUT2D eigenvalue weighted by Crippen LogP contribution is 2.35. The first-order chi connectivity index (χ1) is 16.4. The van der Waals surface area contributed by atoms with Crippen molar-refractivity contribution in [3.8, 4) is 0 Å². The van der Waals surface area contributed by atoms with Crippen LogP contribution in [0.15, 0.2) is 24.3 Å². The number of nitrogens with one attached hydrogen (secondary N) is 1. The Morgan fingerprint density at radius 2 is 1.69 bits per heavy atom. The molecule has 1 unspecified atom stereocenters. The molecule has 0 bridgehead atoms. The van der Waals surface area contributed by atoms with Crippen LogP contribution in [0.3, 0.4) is 0 Å². The Balaban J connectivity index is 2.19. The number of rotatable bonds is 12. The Hall–Kier alpha value is -2.22. The van der Waals surface area contributed by atoms with E-state index in [0.29, 0.717) is 44.2 Å². The van der Waals surface area contributed by atoms with Crippen molar-refractivity contribution in [1.29, 1.82) is 0 Å². The number of methoxy groups -OCH3 is 2. The van der Waals surface area contributed by atoms with E-state index in [1.54, 1.807) is 0 Å². The summed E-state index contributed by atoms with van der Waals surface area (Å²) in [6.07, 6.45) is -9.29. The number of amides is 1. The van der Waals surface area contributed by atoms with Gasteiger partial charge in [0, 0.05) is 40.3 Å². The van der Waals surface area contributed by atoms with E-state index in [1.807, 2.05) is 4.90 Å². The van der Waals surface area contributed by atoms with Gasteiger partial charge in [-0.25, -0.2) is 4.98 Å². The maximum atomic E-state index is 13.6. The standard InChI is InChI=1S/C22H27F6N3O3S/c1-14(15-5-4-6-16(13-15)21(23,24)25)29-20(32)18-19(22(26,27)28)30-17(35-18)7-8-31(9-11-33-2)10-12-34-3/h4-6,13-14H,7-12H2,1-3H3,(H,29,32). The van der Waals surface area contributed by atoms with Gasteiger partial charge < -0.3 is 14.8 Å². The molecule has 0 saturated heterocycles. The summed E-state index contributed by atoms with van der Waals surface area (Å²) in [5, 5.41) is 2.48. The van der Waals surface area contributed by atoms with E-state index < -0.39 is 40.4 Å². The summed E-state index contributed by atoms with van der Waals surface area (Å²) in [6, 6.07) is 3.29. The van der Waals surface area contributed by atoms with Crippen molar-refractivity contribution in [1.82, 2.24) is 15.2 Å². The van der Waals surface area contributed by atoms with E-state index in [1.165, 1.54) is 33.3 Å². The van der Waals surface area contributed by atoms with Gasteiger partial charge in [-0.2, -0.15) is 26.3 Å². The minimum absolute atomic E-state index is 0.110. The number of hydrogen-bond acceptors (Lipinski definition) is 6. The Kier molecular flexibility index (Phi) is 10.5. The fourth-order valence-corrected chi connectivity index (χ4v) is 4.15. The highest BCUT2D eigenvalue weighted by molar-refractivity contribution is 7.13. The summed E-state index contributed by atoms with van der Waals surface area (Å²) in [5.74, 6) is -1.05. The SMILES string of the molecule is COCCN(CCOC)CCc1nc(C(F)(F)F)c(C(=O)NC(C)c2cccc(C(F)(F)F)c2)s1. The Labute approximate surface area is 203 Å². The molecule has 2 aromatic rings. The third-order valence-electron chi connectivity index (χ3n) is 5.07. The zero-order valence-electron chi connectivity index (χ0n) is 19.4. The van der Waals surface area contributed by atoms with E-state index >= 15 is 0 Å². The third-order valence-corrected chi connectivity index (χ3v) is 6.19. The average Bonchev–Trinajstić information content (AvgIpc) is 3.23. The van der Waals surface area contributed by atoms with Crippen LogP contribution in [0.5, 0.6) is 0 Å². The summed E-state index contributed by atoms with van der Waals surface area (Å²) >= 11 is 0.616. The lowest BCUT2D eigenvalue weighted by atomic mass is 10.0. The molecule has 0 fully saturated rings. The Morgan fingerprint density at radius 3 is 2.23 bits per heavy atom. The number of benzene rings is 1. The van der Waals surface area contributed by atoms with Gasteiger partial charge in [-0.3, -0.25) is 9.69 Å². The molecule has 35 heavy (non-hydrogen) atoms. The molecule has 0 spiro atoms. The Bertz CT molecular complexity index is 957. The highest BCUT2D eigenvalue weighted by Gasteiger charge is 2.40. The fourth-order valence-electron chi connectivity index (χ4n) is 3.18. The molecule has 1 amide bonds. The molecule has 6 nitrogen and oxygen atoms in total. The maximum Gasteiger partial charge on any atom is 0.435 e. The molecular weight excluding hydrogens is 500 g/mol. The van der Waals surface area contributed by atoms with Crippen molar-refractivity contribution >= 4 is 17.2 Å². The van der Waals surface area contributed by atoms with Crippen molar-refractivity contribution in [3.63, 3.8) is 0 Å². The zero-order valence-corrected chi connectivity index (χ0v) is 20.2. The summed E-state index contributed by atoms with van der Waals surface area (Å²) in [4.78, 5) is 17.7. The van der Waals surface area contributed by atoms with Gasteiger partial charge in [-0.05, 0) is 24.6 Å². The van der Waals surface area contributed by atoms with Gasteiger partial charge in [0.2, 0.25) is 0 Å². The monoisotopic (exact) mass is 527 g/mol. The summed E-state index contributed by atoms with van der Waals surface area (Å²) in [6.45, 7) is 3.71. The number of hydrogen-bond donors (Lipinski definition) is 1. The first kappa shape index (κ1) is 29.0. The molecule has 1 N–H and O–H groups in total. The number of halogens is 6. The van der Waals surface area contributed by atoms with Crippen LogP contribution in [-0.2, 0) is 28.2 Å². The second-order valence-corrected chi connectivity index (χ2v) is 8.76. The molecule has 1 aromatic carbocycles. The minimum atomic E-state index is -4.87. The van der Waals surface area contributed by atoms with Gasteiger partial charge in [-0.15, -0.1) is 11.3 Å². The molecule has 0 aliphatic rings. The van der Waals surface area contributed by atoms with Crippen LogP contribution < -0.4 is 5.32 Å². The highest BCUT2D eigenvalue weighted by atomic mass is 32.1. The molecule has 0 saturated carbocycles. The van der Waals surface area contributed by atoms with Gasteiger partial charge in [0.05, 0.1) is 29.8 Å². The zero-order chi connectivity index (χ0) is 26.2. The van der Waals surface area contributed by atoms with E-state index in [2.05, 4.69) is 10.3 Å². The second-order valence-electron chi connectivity index (χ2n) is 7.68. The van der Waals surface area contributed by atoms with Crippen LogP contribution in [0.1, 0.15) is 44.5 Å². The van der Waals surface area contributed by atoms with Crippen molar-refractivity contribution in [2.75, 3.05) is 47.1 Å². The number of nitrogens with zero attached hydrogens (tertiary/aromatic N) is 2. The lowest BCUT2D eigenvalue weighted by molar-refractivity contribution is -0.141. The average molecular weight is 528 g/mol. The quantitative estimate of drug-likeness (QED) is 0.402. The maximum absolute atomic E-state index is 13.6. The molecule has 2 rings (SSSR count). The number of ether oxygens (including phenoxy) is 2. The summed E-state index contributed by atoms with van der Waals surface area (Å²) in [7, 11) is 3.08. The molecule has 1 atom stereocenters. The van der Waals surface area contributed by atoms with Crippen LogP contribution in [0.2, 0.25) is 0 Å². The molecule has 1 aromatic heterocycles. The second kappa shape index (κ2) is 12.7. The van der Waals surface area contributed by atoms with Crippen LogP contribution >= 0.6 is 11.3 Å². The topological polar surface area (TPSA) is 63.7 Å². The van der Waals surface area contributed by atoms with E-state index in [9.17, 15) is 31.1 Å². The molecule has 0 aliphatic carbocycles. The molecule has 0 aliphatic heterocycles. The molecule has 1 heterocycles. The molecule has 196 valence electrons. The van der Waals surface area contributed by atoms with Gasteiger partial charge in [0.15, 0.2) is 5.69 Å². The van der Waals surface area contributed by atoms with Gasteiger partial charge in [0.25, 0.3) is 5.91 Å². The molecular formula is C22H27F6N3O3S. The van der Waals surface area contributed by atoms with Crippen molar-refractivity contribution in [3.05, 3.63) is 51.0 Å². The number of aromatic nitrogens is 1.